The summed E-state index contributed by atoms with van der Waals surface area (Å²) < 4.78 is 0. The average Bonchev–Trinajstić information content (AvgIpc) is 2.23. The minimum atomic E-state index is -1.18. The van der Waals surface area contributed by atoms with Crippen molar-refractivity contribution in [3.8, 4) is 0 Å². The van der Waals surface area contributed by atoms with Crippen LogP contribution in [0.15, 0.2) is 9.82 Å². The number of aromatic carboxylic acids is 1. The van der Waals surface area contributed by atoms with E-state index in [2.05, 4.69) is 9.97 Å². The minimum absolute atomic E-state index is 0.0309. The van der Waals surface area contributed by atoms with Crippen LogP contribution in [0.2, 0.25) is 0 Å². The van der Waals surface area contributed by atoms with E-state index in [-0.39, 0.29) is 27.9 Å². The number of hydrogen-bond donors (Lipinski definition) is 2. The molecule has 18 heavy (non-hydrogen) atoms. The molecule has 1 aromatic rings. The number of thioether (sulfide) groups is 1. The number of aromatic nitrogens is 2. The Morgan fingerprint density at radius 1 is 1.44 bits per heavy atom. The van der Waals surface area contributed by atoms with Crippen molar-refractivity contribution in [3.05, 3.63) is 21.7 Å². The van der Waals surface area contributed by atoms with Gasteiger partial charge in [-0.05, 0) is 6.92 Å². The highest BCUT2D eigenvalue weighted by atomic mass is 32.2. The van der Waals surface area contributed by atoms with Crippen molar-refractivity contribution in [2.24, 2.45) is 0 Å². The number of carboxylic acid groups (broad SMARTS) is 1. The third-order valence-corrected chi connectivity index (χ3v) is 3.09. The monoisotopic (exact) mass is 271 g/mol. The van der Waals surface area contributed by atoms with E-state index >= 15 is 0 Å². The molecule has 0 fully saturated rings. The van der Waals surface area contributed by atoms with Gasteiger partial charge in [-0.25, -0.2) is 9.59 Å². The first-order valence-electron chi connectivity index (χ1n) is 5.00. The molecule has 2 N–H and O–H groups in total. The molecule has 1 amide bonds. The van der Waals surface area contributed by atoms with Crippen LogP contribution in [0.1, 0.15) is 16.1 Å². The molecule has 98 valence electrons. The number of H-pyrrole nitrogens is 1. The average molecular weight is 271 g/mol. The first-order valence-corrected chi connectivity index (χ1v) is 5.98. The quantitative estimate of drug-likeness (QED) is 0.588. The third-order valence-electron chi connectivity index (χ3n) is 2.13. The predicted octanol–water partition coefficient (Wildman–Crippen LogP) is -0.0432. The molecule has 1 rings (SSSR count). The van der Waals surface area contributed by atoms with E-state index in [0.717, 1.165) is 11.8 Å². The Balaban J connectivity index is 3.04. The van der Waals surface area contributed by atoms with Crippen LogP contribution in [0.5, 0.6) is 0 Å². The molecule has 0 spiro atoms. The van der Waals surface area contributed by atoms with Gasteiger partial charge in [0.05, 0.1) is 5.75 Å². The van der Waals surface area contributed by atoms with E-state index < -0.39 is 11.7 Å². The number of nitrogens with one attached hydrogen (secondary N) is 1. The lowest BCUT2D eigenvalue weighted by atomic mass is 10.2. The first-order chi connectivity index (χ1) is 8.32. The van der Waals surface area contributed by atoms with Gasteiger partial charge >= 0.3 is 11.7 Å². The van der Waals surface area contributed by atoms with Gasteiger partial charge in [0.2, 0.25) is 5.91 Å². The Hall–Kier alpha value is -1.83. The molecule has 1 heterocycles. The molecule has 0 aliphatic rings. The lowest BCUT2D eigenvalue weighted by Crippen LogP contribution is -2.24. The zero-order valence-electron chi connectivity index (χ0n) is 10.2. The molecule has 0 saturated heterocycles. The Morgan fingerprint density at radius 3 is 2.56 bits per heavy atom. The second-order valence-corrected chi connectivity index (χ2v) is 4.69. The van der Waals surface area contributed by atoms with E-state index in [9.17, 15) is 14.4 Å². The molecule has 0 aliphatic heterocycles. The molecule has 0 aliphatic carbocycles. The fourth-order valence-corrected chi connectivity index (χ4v) is 2.23. The SMILES string of the molecule is Cc1[nH]c(=O)nc(SCC(=O)N(C)C)c1C(=O)O. The summed E-state index contributed by atoms with van der Waals surface area (Å²) in [6.45, 7) is 1.48. The van der Waals surface area contributed by atoms with Gasteiger partial charge in [0.15, 0.2) is 0 Å². The van der Waals surface area contributed by atoms with Crippen LogP contribution in [0.3, 0.4) is 0 Å². The van der Waals surface area contributed by atoms with Gasteiger partial charge in [-0.15, -0.1) is 0 Å². The maximum Gasteiger partial charge on any atom is 0.346 e. The first kappa shape index (κ1) is 14.2. The van der Waals surface area contributed by atoms with Gasteiger partial charge in [0.1, 0.15) is 10.6 Å². The minimum Gasteiger partial charge on any atom is -0.478 e. The number of aryl methyl sites for hydroxylation is 1. The summed E-state index contributed by atoms with van der Waals surface area (Å²) in [6, 6.07) is 0. The number of amides is 1. The molecule has 1 aromatic heterocycles. The lowest BCUT2D eigenvalue weighted by molar-refractivity contribution is -0.125. The van der Waals surface area contributed by atoms with Crippen molar-refractivity contribution in [1.82, 2.24) is 14.9 Å². The lowest BCUT2D eigenvalue weighted by Gasteiger charge is -2.10. The molecule has 0 bridgehead atoms. The fourth-order valence-electron chi connectivity index (χ4n) is 1.17. The molecular weight excluding hydrogens is 258 g/mol. The molecule has 7 nitrogen and oxygen atoms in total. The van der Waals surface area contributed by atoms with E-state index in [1.165, 1.54) is 11.8 Å². The van der Waals surface area contributed by atoms with Crippen LogP contribution in [-0.2, 0) is 4.79 Å². The van der Waals surface area contributed by atoms with Crippen molar-refractivity contribution in [3.63, 3.8) is 0 Å². The van der Waals surface area contributed by atoms with Crippen molar-refractivity contribution >= 4 is 23.6 Å². The summed E-state index contributed by atoms with van der Waals surface area (Å²) in [5.41, 5.74) is -0.481. The Morgan fingerprint density at radius 2 is 2.06 bits per heavy atom. The molecule has 0 aromatic carbocycles. The van der Waals surface area contributed by atoms with Crippen molar-refractivity contribution in [1.29, 1.82) is 0 Å². The van der Waals surface area contributed by atoms with Gasteiger partial charge in [0.25, 0.3) is 0 Å². The number of nitrogens with zero attached hydrogens (tertiary/aromatic N) is 2. The Labute approximate surface area is 107 Å². The summed E-state index contributed by atoms with van der Waals surface area (Å²) in [4.78, 5) is 41.0. The molecular formula is C10H13N3O4S. The summed E-state index contributed by atoms with van der Waals surface area (Å²) >= 11 is 0.937. The molecule has 0 unspecified atom stereocenters. The highest BCUT2D eigenvalue weighted by Crippen LogP contribution is 2.20. The Bertz CT molecular complexity index is 538. The van der Waals surface area contributed by atoms with Crippen LogP contribution in [0, 0.1) is 6.92 Å². The van der Waals surface area contributed by atoms with Gasteiger partial charge in [-0.2, -0.15) is 4.98 Å². The van der Waals surface area contributed by atoms with E-state index in [4.69, 9.17) is 5.11 Å². The molecule has 0 radical (unpaired) electrons. The third kappa shape index (κ3) is 3.33. The van der Waals surface area contributed by atoms with Gasteiger partial charge in [-0.1, -0.05) is 11.8 Å². The van der Waals surface area contributed by atoms with Gasteiger partial charge in [0, 0.05) is 19.8 Å². The maximum absolute atomic E-state index is 11.4. The van der Waals surface area contributed by atoms with E-state index in [1.54, 1.807) is 14.1 Å². The highest BCUT2D eigenvalue weighted by Gasteiger charge is 2.18. The summed E-state index contributed by atoms with van der Waals surface area (Å²) in [6.07, 6.45) is 0. The summed E-state index contributed by atoms with van der Waals surface area (Å²) in [5.74, 6) is -1.34. The van der Waals surface area contributed by atoms with E-state index in [1.807, 2.05) is 0 Å². The largest absolute Gasteiger partial charge is 0.478 e. The molecule has 8 heteroatoms. The number of aromatic amines is 1. The van der Waals surface area contributed by atoms with Crippen molar-refractivity contribution < 1.29 is 14.7 Å². The molecule has 0 saturated carbocycles. The number of carbonyl (C=O) groups is 2. The predicted molar refractivity (Wildman–Crippen MR) is 66.0 cm³/mol. The van der Waals surface area contributed by atoms with Crippen LogP contribution < -0.4 is 5.69 Å². The topological polar surface area (TPSA) is 103 Å². The number of carboxylic acids is 1. The van der Waals surface area contributed by atoms with Crippen molar-refractivity contribution in [2.45, 2.75) is 11.9 Å². The highest BCUT2D eigenvalue weighted by molar-refractivity contribution is 8.00. The summed E-state index contributed by atoms with van der Waals surface area (Å²) in [7, 11) is 3.19. The van der Waals surface area contributed by atoms with Crippen LogP contribution in [0.4, 0.5) is 0 Å². The van der Waals surface area contributed by atoms with E-state index in [0.29, 0.717) is 0 Å². The second kappa shape index (κ2) is 5.67. The smallest absolute Gasteiger partial charge is 0.346 e. The van der Waals surface area contributed by atoms with Gasteiger partial charge < -0.3 is 15.0 Å². The normalized spacial score (nSPS) is 10.2. The summed E-state index contributed by atoms with van der Waals surface area (Å²) in [5, 5.41) is 9.10. The van der Waals surface area contributed by atoms with Crippen LogP contribution in [0.25, 0.3) is 0 Å². The van der Waals surface area contributed by atoms with Crippen LogP contribution in [-0.4, -0.2) is 51.7 Å². The van der Waals surface area contributed by atoms with Crippen molar-refractivity contribution in [2.75, 3.05) is 19.8 Å². The van der Waals surface area contributed by atoms with Gasteiger partial charge in [-0.3, -0.25) is 4.79 Å². The zero-order valence-corrected chi connectivity index (χ0v) is 11.0. The Kier molecular flexibility index (Phi) is 4.49. The maximum atomic E-state index is 11.4. The zero-order chi connectivity index (χ0) is 13.9. The number of hydrogen-bond acceptors (Lipinski definition) is 5. The standard InChI is InChI=1S/C10H13N3O4S/c1-5-7(9(15)16)8(12-10(17)11-5)18-4-6(14)13(2)3/h4H2,1-3H3,(H,15,16)(H,11,12,17). The number of rotatable bonds is 4. The van der Waals surface area contributed by atoms with Crippen LogP contribution >= 0.6 is 11.8 Å². The molecule has 0 atom stereocenters. The number of carbonyl (C=O) groups excluding carboxylic acids is 1. The fraction of sp³-hybridized carbons (Fsp3) is 0.400. The second-order valence-electron chi connectivity index (χ2n) is 3.73.